The van der Waals surface area contributed by atoms with Crippen molar-refractivity contribution in [1.29, 1.82) is 0 Å². The highest BCUT2D eigenvalue weighted by Gasteiger charge is 2.12. The average Bonchev–Trinajstić information content (AvgIpc) is 2.90. The second kappa shape index (κ2) is 5.35. The first-order valence-corrected chi connectivity index (χ1v) is 6.71. The van der Waals surface area contributed by atoms with Crippen molar-refractivity contribution < 1.29 is 4.74 Å². The van der Waals surface area contributed by atoms with Gasteiger partial charge in [-0.2, -0.15) is 0 Å². The third-order valence-corrected chi connectivity index (χ3v) is 3.51. The summed E-state index contributed by atoms with van der Waals surface area (Å²) in [7, 11) is 1.66. The molecule has 3 aromatic rings. The van der Waals surface area contributed by atoms with Crippen molar-refractivity contribution in [2.45, 2.75) is 0 Å². The van der Waals surface area contributed by atoms with Gasteiger partial charge in [-0.25, -0.2) is 0 Å². The van der Waals surface area contributed by atoms with Crippen LogP contribution in [0.25, 0.3) is 22.4 Å². The van der Waals surface area contributed by atoms with Gasteiger partial charge in [0.25, 0.3) is 0 Å². The summed E-state index contributed by atoms with van der Waals surface area (Å²) in [6.07, 6.45) is 0. The van der Waals surface area contributed by atoms with Crippen LogP contribution >= 0.6 is 12.2 Å². The molecule has 0 radical (unpaired) electrons. The molecule has 0 bridgehead atoms. The van der Waals surface area contributed by atoms with Crippen LogP contribution in [0.2, 0.25) is 0 Å². The van der Waals surface area contributed by atoms with Crippen molar-refractivity contribution >= 4 is 12.2 Å². The van der Waals surface area contributed by atoms with Gasteiger partial charge in [-0.05, 0) is 17.7 Å². The number of H-pyrrole nitrogens is 2. The standard InChI is InChI=1S/C16H14N2OS/c1-19-13-9-5-8-12(10-13)14-15(17-18-16(14)20)11-6-3-2-4-7-11/h2-10H,1H3,(H2,17,18,20). The van der Waals surface area contributed by atoms with Crippen molar-refractivity contribution in [2.75, 3.05) is 7.11 Å². The SMILES string of the molecule is COc1cccc(-c2c(-c3ccccc3)[nH][nH]c2=S)c1. The first-order chi connectivity index (χ1) is 9.79. The summed E-state index contributed by atoms with van der Waals surface area (Å²) in [4.78, 5) is 0. The van der Waals surface area contributed by atoms with Gasteiger partial charge in [-0.3, -0.25) is 10.2 Å². The maximum Gasteiger partial charge on any atom is 0.127 e. The second-order valence-corrected chi connectivity index (χ2v) is 4.84. The van der Waals surface area contributed by atoms with E-state index in [1.54, 1.807) is 7.11 Å². The lowest BCUT2D eigenvalue weighted by atomic mass is 10.0. The molecule has 100 valence electrons. The molecule has 2 N–H and O–H groups in total. The maximum atomic E-state index is 5.41. The predicted molar refractivity (Wildman–Crippen MR) is 83.4 cm³/mol. The quantitative estimate of drug-likeness (QED) is 0.698. The van der Waals surface area contributed by atoms with E-state index < -0.39 is 0 Å². The Balaban J connectivity index is 2.19. The summed E-state index contributed by atoms with van der Waals surface area (Å²) in [6, 6.07) is 18.0. The monoisotopic (exact) mass is 282 g/mol. The van der Waals surface area contributed by atoms with Gasteiger partial charge in [-0.15, -0.1) is 0 Å². The molecule has 0 saturated carbocycles. The van der Waals surface area contributed by atoms with E-state index in [2.05, 4.69) is 22.3 Å². The third kappa shape index (κ3) is 2.26. The Morgan fingerprint density at radius 3 is 2.40 bits per heavy atom. The second-order valence-electron chi connectivity index (χ2n) is 4.43. The molecule has 4 heteroatoms. The fourth-order valence-electron chi connectivity index (χ4n) is 2.23. The maximum absolute atomic E-state index is 5.41. The predicted octanol–water partition coefficient (Wildman–Crippen LogP) is 4.41. The number of methoxy groups -OCH3 is 1. The van der Waals surface area contributed by atoms with Crippen molar-refractivity contribution in [3.63, 3.8) is 0 Å². The molecule has 2 aromatic carbocycles. The van der Waals surface area contributed by atoms with Crippen molar-refractivity contribution in [3.05, 3.63) is 59.2 Å². The number of aromatic nitrogens is 2. The van der Waals surface area contributed by atoms with Gasteiger partial charge in [-0.1, -0.05) is 54.7 Å². The Morgan fingerprint density at radius 2 is 1.65 bits per heavy atom. The van der Waals surface area contributed by atoms with Crippen molar-refractivity contribution in [1.82, 2.24) is 10.2 Å². The topological polar surface area (TPSA) is 40.8 Å². The Kier molecular flexibility index (Phi) is 3.39. The first-order valence-electron chi connectivity index (χ1n) is 6.30. The Bertz CT molecular complexity index is 774. The van der Waals surface area contributed by atoms with Crippen LogP contribution in [0.3, 0.4) is 0 Å². The van der Waals surface area contributed by atoms with E-state index in [9.17, 15) is 0 Å². The Hall–Kier alpha value is -2.33. The molecule has 0 saturated heterocycles. The number of ether oxygens (including phenoxy) is 1. The molecule has 1 heterocycles. The average molecular weight is 282 g/mol. The van der Waals surface area contributed by atoms with Gasteiger partial charge in [0.1, 0.15) is 10.4 Å². The van der Waals surface area contributed by atoms with Crippen LogP contribution in [0.1, 0.15) is 0 Å². The molecule has 0 amide bonds. The van der Waals surface area contributed by atoms with Crippen LogP contribution < -0.4 is 4.74 Å². The van der Waals surface area contributed by atoms with Crippen LogP contribution in [0.15, 0.2) is 54.6 Å². The lowest BCUT2D eigenvalue weighted by molar-refractivity contribution is 0.415. The third-order valence-electron chi connectivity index (χ3n) is 3.20. The molecule has 0 spiro atoms. The summed E-state index contributed by atoms with van der Waals surface area (Å²) >= 11 is 5.41. The number of aromatic amines is 2. The Morgan fingerprint density at radius 1 is 0.900 bits per heavy atom. The fourth-order valence-corrected chi connectivity index (χ4v) is 2.50. The van der Waals surface area contributed by atoms with Crippen LogP contribution in [0.5, 0.6) is 5.75 Å². The molecular formula is C16H14N2OS. The molecule has 0 unspecified atom stereocenters. The van der Waals surface area contributed by atoms with Crippen molar-refractivity contribution in [3.8, 4) is 28.1 Å². The highest BCUT2D eigenvalue weighted by molar-refractivity contribution is 7.71. The fraction of sp³-hybridized carbons (Fsp3) is 0.0625. The molecule has 0 aliphatic heterocycles. The smallest absolute Gasteiger partial charge is 0.127 e. The van der Waals surface area contributed by atoms with E-state index in [1.807, 2.05) is 42.5 Å². The van der Waals surface area contributed by atoms with Crippen LogP contribution in [0, 0.1) is 4.64 Å². The number of rotatable bonds is 3. The van der Waals surface area contributed by atoms with Crippen LogP contribution in [-0.2, 0) is 0 Å². The molecule has 0 fully saturated rings. The first kappa shape index (κ1) is 12.7. The summed E-state index contributed by atoms with van der Waals surface area (Å²) in [6.45, 7) is 0. The Labute approximate surface area is 122 Å². The zero-order chi connectivity index (χ0) is 13.9. The summed E-state index contributed by atoms with van der Waals surface area (Å²) < 4.78 is 5.98. The number of hydrogen-bond donors (Lipinski definition) is 2. The molecule has 0 aliphatic rings. The molecule has 1 aromatic heterocycles. The highest BCUT2D eigenvalue weighted by atomic mass is 32.1. The summed E-state index contributed by atoms with van der Waals surface area (Å²) in [5.41, 5.74) is 4.11. The lowest BCUT2D eigenvalue weighted by Gasteiger charge is -2.06. The largest absolute Gasteiger partial charge is 0.497 e. The normalized spacial score (nSPS) is 10.4. The molecule has 3 nitrogen and oxygen atoms in total. The molecule has 20 heavy (non-hydrogen) atoms. The van der Waals surface area contributed by atoms with Crippen LogP contribution in [0.4, 0.5) is 0 Å². The number of hydrogen-bond acceptors (Lipinski definition) is 2. The molecule has 0 atom stereocenters. The number of benzene rings is 2. The number of nitrogens with one attached hydrogen (secondary N) is 2. The van der Waals surface area contributed by atoms with Gasteiger partial charge < -0.3 is 4.74 Å². The zero-order valence-electron chi connectivity index (χ0n) is 11.0. The van der Waals surface area contributed by atoms with Crippen LogP contribution in [-0.4, -0.2) is 17.3 Å². The molecule has 0 aliphatic carbocycles. The van der Waals surface area contributed by atoms with E-state index in [4.69, 9.17) is 17.0 Å². The summed E-state index contributed by atoms with van der Waals surface area (Å²) in [5.74, 6) is 0.817. The minimum Gasteiger partial charge on any atom is -0.497 e. The van der Waals surface area contributed by atoms with E-state index in [0.717, 1.165) is 28.1 Å². The summed E-state index contributed by atoms with van der Waals surface area (Å²) in [5, 5.41) is 6.18. The minimum atomic E-state index is 0.692. The highest BCUT2D eigenvalue weighted by Crippen LogP contribution is 2.32. The van der Waals surface area contributed by atoms with Gasteiger partial charge >= 0.3 is 0 Å². The minimum absolute atomic E-state index is 0.692. The zero-order valence-corrected chi connectivity index (χ0v) is 11.8. The van der Waals surface area contributed by atoms with E-state index in [-0.39, 0.29) is 0 Å². The molecular weight excluding hydrogens is 268 g/mol. The van der Waals surface area contributed by atoms with E-state index >= 15 is 0 Å². The van der Waals surface area contributed by atoms with Gasteiger partial charge in [0, 0.05) is 11.1 Å². The van der Waals surface area contributed by atoms with Gasteiger partial charge in [0.2, 0.25) is 0 Å². The van der Waals surface area contributed by atoms with Gasteiger partial charge in [0.15, 0.2) is 0 Å². The van der Waals surface area contributed by atoms with Crippen molar-refractivity contribution in [2.24, 2.45) is 0 Å². The molecule has 3 rings (SSSR count). The van der Waals surface area contributed by atoms with E-state index in [1.165, 1.54) is 0 Å². The lowest BCUT2D eigenvalue weighted by Crippen LogP contribution is -1.85. The van der Waals surface area contributed by atoms with E-state index in [0.29, 0.717) is 4.64 Å². The van der Waals surface area contributed by atoms with Gasteiger partial charge in [0.05, 0.1) is 12.8 Å².